The fourth-order valence-electron chi connectivity index (χ4n) is 4.48. The summed E-state index contributed by atoms with van der Waals surface area (Å²) in [6, 6.07) is 11.1. The molecule has 33 heavy (non-hydrogen) atoms. The minimum Gasteiger partial charge on any atom is -0.424 e. The summed E-state index contributed by atoms with van der Waals surface area (Å²) >= 11 is 0. The third-order valence-corrected chi connectivity index (χ3v) is 6.64. The van der Waals surface area contributed by atoms with Gasteiger partial charge in [-0.2, -0.15) is 5.26 Å². The van der Waals surface area contributed by atoms with Gasteiger partial charge >= 0.3 is 6.01 Å². The van der Waals surface area contributed by atoms with Gasteiger partial charge in [-0.05, 0) is 56.7 Å². The van der Waals surface area contributed by atoms with E-state index in [2.05, 4.69) is 35.9 Å². The van der Waals surface area contributed by atoms with Crippen molar-refractivity contribution < 1.29 is 4.74 Å². The predicted octanol–water partition coefficient (Wildman–Crippen LogP) is 5.24. The summed E-state index contributed by atoms with van der Waals surface area (Å²) in [5.41, 5.74) is 3.34. The molecule has 8 heteroatoms. The normalized spacial score (nSPS) is 16.1. The number of nitrogens with zero attached hydrogens (tertiary/aromatic N) is 6. The average Bonchev–Trinajstić information content (AvgIpc) is 3.09. The van der Waals surface area contributed by atoms with E-state index in [0.717, 1.165) is 47.8 Å². The lowest BCUT2D eigenvalue weighted by Crippen LogP contribution is -2.27. The van der Waals surface area contributed by atoms with E-state index >= 15 is 0 Å². The van der Waals surface area contributed by atoms with Crippen molar-refractivity contribution in [2.45, 2.75) is 50.6 Å². The first kappa shape index (κ1) is 19.7. The minimum absolute atomic E-state index is 0.294. The van der Waals surface area contributed by atoms with E-state index in [-0.39, 0.29) is 0 Å². The van der Waals surface area contributed by atoms with E-state index < -0.39 is 0 Å². The van der Waals surface area contributed by atoms with Crippen molar-refractivity contribution >= 4 is 16.9 Å². The highest BCUT2D eigenvalue weighted by Crippen LogP contribution is 2.43. The van der Waals surface area contributed by atoms with Crippen molar-refractivity contribution in [3.8, 4) is 29.1 Å². The zero-order valence-electron chi connectivity index (χ0n) is 18.1. The zero-order valence-corrected chi connectivity index (χ0v) is 18.1. The fourth-order valence-corrected chi connectivity index (χ4v) is 4.48. The average molecular weight is 438 g/mol. The van der Waals surface area contributed by atoms with Gasteiger partial charge < -0.3 is 14.6 Å². The number of rotatable bonds is 6. The van der Waals surface area contributed by atoms with Gasteiger partial charge in [0.2, 0.25) is 5.95 Å². The van der Waals surface area contributed by atoms with Crippen LogP contribution in [-0.2, 0) is 0 Å². The van der Waals surface area contributed by atoms with Gasteiger partial charge in [0, 0.05) is 53.9 Å². The molecule has 0 aliphatic heterocycles. The molecule has 164 valence electrons. The molecular formula is C25H23N7O. The van der Waals surface area contributed by atoms with E-state index in [9.17, 15) is 5.26 Å². The highest BCUT2D eigenvalue weighted by atomic mass is 16.5. The minimum atomic E-state index is 0.294. The summed E-state index contributed by atoms with van der Waals surface area (Å²) in [5.74, 6) is 1.28. The Bertz CT molecular complexity index is 1330. The van der Waals surface area contributed by atoms with E-state index in [1.54, 1.807) is 18.5 Å². The Hall–Kier alpha value is -3.99. The molecule has 1 N–H and O–H groups in total. The molecule has 0 saturated heterocycles. The molecule has 6 rings (SSSR count). The van der Waals surface area contributed by atoms with Crippen molar-refractivity contribution in [2.75, 3.05) is 5.32 Å². The number of ether oxygens (including phenoxy) is 1. The molecule has 0 spiro atoms. The summed E-state index contributed by atoms with van der Waals surface area (Å²) in [7, 11) is 0. The smallest absolute Gasteiger partial charge is 0.321 e. The molecule has 8 nitrogen and oxygen atoms in total. The number of hydrogen-bond donors (Lipinski definition) is 1. The van der Waals surface area contributed by atoms with Crippen LogP contribution in [-0.4, -0.2) is 30.5 Å². The third kappa shape index (κ3) is 3.55. The number of nitriles is 1. The third-order valence-electron chi connectivity index (χ3n) is 6.64. The van der Waals surface area contributed by atoms with E-state index in [1.807, 2.05) is 30.6 Å². The Morgan fingerprint density at radius 3 is 2.39 bits per heavy atom. The first-order valence-electron chi connectivity index (χ1n) is 11.4. The molecular weight excluding hydrogens is 414 g/mol. The molecule has 1 aromatic carbocycles. The van der Waals surface area contributed by atoms with Crippen LogP contribution < -0.4 is 10.1 Å². The summed E-state index contributed by atoms with van der Waals surface area (Å²) in [6.45, 7) is 0. The molecule has 0 bridgehead atoms. The van der Waals surface area contributed by atoms with Gasteiger partial charge in [0.25, 0.3) is 0 Å². The van der Waals surface area contributed by atoms with Crippen LogP contribution in [0, 0.1) is 11.3 Å². The van der Waals surface area contributed by atoms with Gasteiger partial charge in [0.15, 0.2) is 0 Å². The lowest BCUT2D eigenvalue weighted by atomic mass is 9.92. The molecule has 0 radical (unpaired) electrons. The van der Waals surface area contributed by atoms with Gasteiger partial charge in [-0.3, -0.25) is 0 Å². The molecule has 3 heterocycles. The van der Waals surface area contributed by atoms with Gasteiger partial charge in [0.1, 0.15) is 11.8 Å². The first-order chi connectivity index (χ1) is 16.3. The monoisotopic (exact) mass is 437 g/mol. The molecule has 2 saturated carbocycles. The number of nitrogens with one attached hydrogen (secondary N) is 1. The van der Waals surface area contributed by atoms with Crippen LogP contribution >= 0.6 is 0 Å². The second kappa shape index (κ2) is 8.17. The predicted molar refractivity (Wildman–Crippen MR) is 124 cm³/mol. The quantitative estimate of drug-likeness (QED) is 0.440. The van der Waals surface area contributed by atoms with Crippen LogP contribution in [0.5, 0.6) is 11.8 Å². The summed E-state index contributed by atoms with van der Waals surface area (Å²) < 4.78 is 8.15. The van der Waals surface area contributed by atoms with E-state index in [4.69, 9.17) is 4.74 Å². The van der Waals surface area contributed by atoms with Gasteiger partial charge in [0.05, 0.1) is 16.8 Å². The molecule has 2 aliphatic carbocycles. The van der Waals surface area contributed by atoms with Crippen molar-refractivity contribution in [1.29, 1.82) is 5.26 Å². The zero-order chi connectivity index (χ0) is 22.2. The standard InChI is InChI=1S/C25H23N7O/c26-13-21-20-9-8-19(33-25-27-10-3-11-28-25)12-22(20)32(18-6-2-7-18)23(21)16-14-29-24(30-15-16)31-17-4-1-5-17/h3,8-12,14-15,17-18H,1-2,4-7H2,(H,29,30,31). The molecule has 0 atom stereocenters. The van der Waals surface area contributed by atoms with Crippen LogP contribution in [0.15, 0.2) is 49.1 Å². The molecule has 3 aromatic heterocycles. The highest BCUT2D eigenvalue weighted by molar-refractivity contribution is 5.95. The molecule has 0 unspecified atom stereocenters. The van der Waals surface area contributed by atoms with E-state index in [1.165, 1.54) is 12.8 Å². The lowest BCUT2D eigenvalue weighted by molar-refractivity contribution is 0.324. The SMILES string of the molecule is N#Cc1c(-c2cnc(NC3CCC3)nc2)n(C2CCC2)c2cc(Oc3ncccn3)ccc12. The second-order valence-electron chi connectivity index (χ2n) is 8.67. The Morgan fingerprint density at radius 2 is 1.76 bits per heavy atom. The highest BCUT2D eigenvalue weighted by Gasteiger charge is 2.28. The van der Waals surface area contributed by atoms with Crippen molar-refractivity contribution in [2.24, 2.45) is 0 Å². The Morgan fingerprint density at radius 1 is 1.00 bits per heavy atom. The van der Waals surface area contributed by atoms with Gasteiger partial charge in [-0.15, -0.1) is 0 Å². The van der Waals surface area contributed by atoms with Crippen LogP contribution in [0.1, 0.15) is 50.1 Å². The second-order valence-corrected chi connectivity index (χ2v) is 8.67. The summed E-state index contributed by atoms with van der Waals surface area (Å²) in [5, 5.41) is 14.4. The van der Waals surface area contributed by atoms with Gasteiger partial charge in [-0.25, -0.2) is 19.9 Å². The molecule has 2 fully saturated rings. The summed E-state index contributed by atoms with van der Waals surface area (Å²) in [4.78, 5) is 17.4. The van der Waals surface area contributed by atoms with Crippen LogP contribution in [0.3, 0.4) is 0 Å². The van der Waals surface area contributed by atoms with Crippen molar-refractivity contribution in [3.63, 3.8) is 0 Å². The summed E-state index contributed by atoms with van der Waals surface area (Å²) in [6.07, 6.45) is 13.9. The molecule has 4 aromatic rings. The lowest BCUT2D eigenvalue weighted by Gasteiger charge is -2.30. The molecule has 2 aliphatic rings. The van der Waals surface area contributed by atoms with Crippen LogP contribution in [0.25, 0.3) is 22.2 Å². The maximum absolute atomic E-state index is 10.1. The number of benzene rings is 1. The Labute approximate surface area is 191 Å². The fraction of sp³-hybridized carbons (Fsp3) is 0.320. The van der Waals surface area contributed by atoms with Crippen LogP contribution in [0.4, 0.5) is 5.95 Å². The number of aromatic nitrogens is 5. The van der Waals surface area contributed by atoms with Crippen molar-refractivity contribution in [3.05, 3.63) is 54.6 Å². The molecule has 0 amide bonds. The van der Waals surface area contributed by atoms with E-state index in [0.29, 0.717) is 35.4 Å². The Balaban J connectivity index is 1.44. The Kier molecular flexibility index (Phi) is 4.87. The number of fused-ring (bicyclic) bond motifs is 1. The number of hydrogen-bond acceptors (Lipinski definition) is 7. The largest absolute Gasteiger partial charge is 0.424 e. The van der Waals surface area contributed by atoms with Crippen LogP contribution in [0.2, 0.25) is 0 Å². The maximum atomic E-state index is 10.1. The number of anilines is 1. The topological polar surface area (TPSA) is 102 Å². The van der Waals surface area contributed by atoms with Gasteiger partial charge in [-0.1, -0.05) is 0 Å². The van der Waals surface area contributed by atoms with Crippen molar-refractivity contribution in [1.82, 2.24) is 24.5 Å². The maximum Gasteiger partial charge on any atom is 0.321 e. The first-order valence-corrected chi connectivity index (χ1v) is 11.4.